The van der Waals surface area contributed by atoms with Crippen molar-refractivity contribution in [3.63, 3.8) is 0 Å². The van der Waals surface area contributed by atoms with Crippen LogP contribution in [0.15, 0.2) is 18.2 Å². The molecule has 1 aromatic heterocycles. The largest absolute Gasteiger partial charge is 0.382 e. The van der Waals surface area contributed by atoms with Crippen LogP contribution < -0.4 is 15.8 Å². The molecule has 1 aliphatic carbocycles. The molecule has 1 atom stereocenters. The normalized spacial score (nSPS) is 23.5. The van der Waals surface area contributed by atoms with E-state index in [1.54, 1.807) is 18.2 Å². The third kappa shape index (κ3) is 6.17. The summed E-state index contributed by atoms with van der Waals surface area (Å²) in [6.07, 6.45) is 3.79. The van der Waals surface area contributed by atoms with Crippen LogP contribution in [0.4, 0.5) is 10.9 Å². The van der Waals surface area contributed by atoms with Crippen molar-refractivity contribution in [2.24, 2.45) is 5.92 Å². The van der Waals surface area contributed by atoms with Crippen LogP contribution in [0.1, 0.15) is 47.3 Å². The van der Waals surface area contributed by atoms with Gasteiger partial charge in [-0.1, -0.05) is 40.6 Å². The van der Waals surface area contributed by atoms with Gasteiger partial charge in [0.1, 0.15) is 10.7 Å². The van der Waals surface area contributed by atoms with Crippen LogP contribution in [0.25, 0.3) is 0 Å². The first-order valence-electron chi connectivity index (χ1n) is 10.8. The molecule has 1 saturated heterocycles. The second kappa shape index (κ2) is 10.5. The van der Waals surface area contributed by atoms with Crippen molar-refractivity contribution in [1.29, 1.82) is 0 Å². The maximum atomic E-state index is 12.9. The van der Waals surface area contributed by atoms with E-state index in [0.29, 0.717) is 18.3 Å². The second-order valence-electron chi connectivity index (χ2n) is 8.48. The smallest absolute Gasteiger partial charge is 0.212 e. The molecule has 12 heteroatoms. The van der Waals surface area contributed by atoms with E-state index in [2.05, 4.69) is 15.0 Å². The fourth-order valence-electron chi connectivity index (χ4n) is 4.24. The minimum atomic E-state index is -3.32. The number of nitrogens with two attached hydrogens (primary N) is 1. The lowest BCUT2D eigenvalue weighted by atomic mass is 9.92. The first-order valence-corrected chi connectivity index (χ1v) is 14.0. The number of carbonyl (C=O) groups is 1. The van der Waals surface area contributed by atoms with Crippen LogP contribution >= 0.6 is 34.5 Å². The van der Waals surface area contributed by atoms with Crippen molar-refractivity contribution in [2.75, 3.05) is 30.0 Å². The predicted octanol–water partition coefficient (Wildman–Crippen LogP) is 3.94. The summed E-state index contributed by atoms with van der Waals surface area (Å²) in [6, 6.07) is 4.92. The van der Waals surface area contributed by atoms with E-state index in [9.17, 15) is 13.2 Å². The molecule has 1 saturated carbocycles. The van der Waals surface area contributed by atoms with E-state index in [0.717, 1.165) is 43.4 Å². The molecular weight excluding hydrogens is 507 g/mol. The SMILES string of the molecule is Nc1nc(N[C@H]2CC[C@H](NS(=O)(=O)CC3CCOC3)CC2)sc1C(=O)c1c(Cl)cccc1Cl. The van der Waals surface area contributed by atoms with Gasteiger partial charge in [-0.2, -0.15) is 0 Å². The van der Waals surface area contributed by atoms with Crippen LogP contribution in [-0.4, -0.2) is 50.2 Å². The summed E-state index contributed by atoms with van der Waals surface area (Å²) in [5, 5.41) is 4.40. The molecule has 0 bridgehead atoms. The van der Waals surface area contributed by atoms with Crippen molar-refractivity contribution in [2.45, 2.75) is 44.2 Å². The van der Waals surface area contributed by atoms with E-state index >= 15 is 0 Å². The lowest BCUT2D eigenvalue weighted by Crippen LogP contribution is -2.42. The minimum Gasteiger partial charge on any atom is -0.382 e. The second-order valence-corrected chi connectivity index (χ2v) is 12.1. The van der Waals surface area contributed by atoms with E-state index in [4.69, 9.17) is 33.7 Å². The summed E-state index contributed by atoms with van der Waals surface area (Å²) in [5.41, 5.74) is 6.22. The Morgan fingerprint density at radius 3 is 2.45 bits per heavy atom. The quantitative estimate of drug-likeness (QED) is 0.439. The number of nitrogen functional groups attached to an aromatic ring is 1. The van der Waals surface area contributed by atoms with Gasteiger partial charge < -0.3 is 15.8 Å². The van der Waals surface area contributed by atoms with Crippen LogP contribution in [0.2, 0.25) is 10.0 Å². The van der Waals surface area contributed by atoms with Crippen molar-refractivity contribution in [3.05, 3.63) is 38.7 Å². The van der Waals surface area contributed by atoms with Gasteiger partial charge in [0, 0.05) is 18.7 Å². The highest BCUT2D eigenvalue weighted by Gasteiger charge is 2.29. The molecular formula is C21H26Cl2N4O4S2. The Hall–Kier alpha value is -1.43. The summed E-state index contributed by atoms with van der Waals surface area (Å²) in [6.45, 7) is 1.15. The maximum Gasteiger partial charge on any atom is 0.212 e. The third-order valence-electron chi connectivity index (χ3n) is 5.93. The Labute approximate surface area is 207 Å². The summed E-state index contributed by atoms with van der Waals surface area (Å²) in [4.78, 5) is 17.5. The molecule has 1 aromatic carbocycles. The zero-order valence-corrected chi connectivity index (χ0v) is 21.0. The number of aromatic nitrogens is 1. The summed E-state index contributed by atoms with van der Waals surface area (Å²) >= 11 is 13.5. The number of halogens is 2. The highest BCUT2D eigenvalue weighted by molar-refractivity contribution is 7.89. The molecule has 0 radical (unpaired) electrons. The molecule has 33 heavy (non-hydrogen) atoms. The van der Waals surface area contributed by atoms with Crippen LogP contribution in [0.3, 0.4) is 0 Å². The number of ketones is 1. The molecule has 1 aliphatic heterocycles. The van der Waals surface area contributed by atoms with Crippen molar-refractivity contribution < 1.29 is 17.9 Å². The minimum absolute atomic E-state index is 0.0729. The number of benzene rings is 1. The van der Waals surface area contributed by atoms with Crippen molar-refractivity contribution >= 4 is 61.3 Å². The van der Waals surface area contributed by atoms with Crippen LogP contribution in [-0.2, 0) is 14.8 Å². The molecule has 0 amide bonds. The van der Waals surface area contributed by atoms with Gasteiger partial charge >= 0.3 is 0 Å². The Kier molecular flexibility index (Phi) is 7.82. The van der Waals surface area contributed by atoms with Gasteiger partial charge in [-0.25, -0.2) is 18.1 Å². The average Bonchev–Trinajstić information content (AvgIpc) is 3.38. The highest BCUT2D eigenvalue weighted by atomic mass is 35.5. The number of rotatable bonds is 8. The predicted molar refractivity (Wildman–Crippen MR) is 132 cm³/mol. The number of sulfonamides is 1. The highest BCUT2D eigenvalue weighted by Crippen LogP contribution is 2.34. The van der Waals surface area contributed by atoms with E-state index < -0.39 is 10.0 Å². The monoisotopic (exact) mass is 532 g/mol. The molecule has 2 heterocycles. The first kappa shape index (κ1) is 24.7. The summed E-state index contributed by atoms with van der Waals surface area (Å²) in [5.74, 6) is -0.0378. The molecule has 2 fully saturated rings. The number of nitrogens with zero attached hydrogens (tertiary/aromatic N) is 1. The molecule has 0 spiro atoms. The topological polar surface area (TPSA) is 123 Å². The van der Waals surface area contributed by atoms with Crippen LogP contribution in [0, 0.1) is 5.92 Å². The number of hydrogen-bond acceptors (Lipinski definition) is 8. The van der Waals surface area contributed by atoms with Gasteiger partial charge in [0.15, 0.2) is 5.13 Å². The standard InChI is InChI=1S/C21H26Cl2N4O4S2/c22-15-2-1-3-16(23)17(15)18(28)19-20(24)26-21(32-19)25-13-4-6-14(7-5-13)27-33(29,30)11-12-8-9-31-10-12/h1-3,12-14,27H,4-11,24H2,(H,25,26)/t12?,13-,14-. The fourth-order valence-corrected chi connectivity index (χ4v) is 7.44. The van der Waals surface area contributed by atoms with Gasteiger partial charge in [0.2, 0.25) is 15.8 Å². The van der Waals surface area contributed by atoms with Gasteiger partial charge in [-0.15, -0.1) is 0 Å². The lowest BCUT2D eigenvalue weighted by molar-refractivity contribution is 0.104. The van der Waals surface area contributed by atoms with E-state index in [1.807, 2.05) is 0 Å². The molecule has 4 N–H and O–H groups in total. The number of hydrogen-bond donors (Lipinski definition) is 3. The Bertz CT molecular complexity index is 1090. The Morgan fingerprint density at radius 1 is 1.15 bits per heavy atom. The maximum absolute atomic E-state index is 12.9. The summed E-state index contributed by atoms with van der Waals surface area (Å²) in [7, 11) is -3.32. The fraction of sp³-hybridized carbons (Fsp3) is 0.524. The number of ether oxygens (including phenoxy) is 1. The Morgan fingerprint density at radius 2 is 1.82 bits per heavy atom. The zero-order chi connectivity index (χ0) is 23.6. The van der Waals surface area contributed by atoms with Crippen molar-refractivity contribution in [3.8, 4) is 0 Å². The Balaban J connectivity index is 1.32. The first-order chi connectivity index (χ1) is 15.7. The third-order valence-corrected chi connectivity index (χ3v) is 9.16. The molecule has 2 aliphatic rings. The van der Waals surface area contributed by atoms with E-state index in [1.165, 1.54) is 0 Å². The number of nitrogens with one attached hydrogen (secondary N) is 2. The van der Waals surface area contributed by atoms with Gasteiger partial charge in [0.05, 0.1) is 28.0 Å². The number of carbonyl (C=O) groups excluding carboxylic acids is 1. The molecule has 2 aromatic rings. The van der Waals surface area contributed by atoms with Crippen molar-refractivity contribution in [1.82, 2.24) is 9.71 Å². The molecule has 8 nitrogen and oxygen atoms in total. The number of thiazole rings is 1. The average molecular weight is 534 g/mol. The molecule has 1 unspecified atom stereocenters. The van der Waals surface area contributed by atoms with Crippen LogP contribution in [0.5, 0.6) is 0 Å². The lowest BCUT2D eigenvalue weighted by Gasteiger charge is -2.29. The zero-order valence-electron chi connectivity index (χ0n) is 17.9. The molecule has 4 rings (SSSR count). The van der Waals surface area contributed by atoms with Gasteiger partial charge in [-0.05, 0) is 50.2 Å². The van der Waals surface area contributed by atoms with Gasteiger partial charge in [-0.3, -0.25) is 4.79 Å². The van der Waals surface area contributed by atoms with E-state index in [-0.39, 0.29) is 55.8 Å². The summed E-state index contributed by atoms with van der Waals surface area (Å²) < 4.78 is 33.0. The molecule has 180 valence electrons. The number of anilines is 2. The van der Waals surface area contributed by atoms with Gasteiger partial charge in [0.25, 0.3) is 0 Å².